The van der Waals surface area contributed by atoms with Crippen LogP contribution in [0.3, 0.4) is 0 Å². The molecule has 2 aliphatic rings. The Kier molecular flexibility index (Phi) is 4.53. The summed E-state index contributed by atoms with van der Waals surface area (Å²) >= 11 is 3.44. The molecule has 106 valence electrons. The van der Waals surface area contributed by atoms with Crippen molar-refractivity contribution in [3.8, 4) is 0 Å². The predicted molar refractivity (Wildman–Crippen MR) is 77.3 cm³/mol. The Hall–Kier alpha value is -0.430. The third kappa shape index (κ3) is 3.56. The molecule has 0 amide bonds. The smallest absolute Gasteiger partial charge is 0.0773 e. The molecule has 0 spiro atoms. The van der Waals surface area contributed by atoms with Gasteiger partial charge >= 0.3 is 0 Å². The van der Waals surface area contributed by atoms with Gasteiger partial charge in [0.1, 0.15) is 0 Å². The van der Waals surface area contributed by atoms with E-state index < -0.39 is 0 Å². The molecule has 2 aliphatic heterocycles. The average Bonchev–Trinajstić information content (AvgIpc) is 2.63. The number of hydrogen-bond acceptors (Lipinski definition) is 4. The number of halogens is 1. The number of likely N-dealkylation sites (tertiary alicyclic amines) is 1. The van der Waals surface area contributed by atoms with Crippen molar-refractivity contribution in [1.29, 1.82) is 0 Å². The fourth-order valence-electron chi connectivity index (χ4n) is 2.71. The monoisotopic (exact) mass is 328 g/mol. The Bertz CT molecular complexity index is 397. The molecular formula is C13H21BrN4O. The van der Waals surface area contributed by atoms with Gasteiger partial charge in [-0.25, -0.2) is 0 Å². The molecule has 0 unspecified atom stereocenters. The first kappa shape index (κ1) is 13.5. The van der Waals surface area contributed by atoms with Gasteiger partial charge in [0.05, 0.1) is 23.3 Å². The summed E-state index contributed by atoms with van der Waals surface area (Å²) in [7, 11) is 0. The summed E-state index contributed by atoms with van der Waals surface area (Å²) in [6, 6.07) is 0.554. The van der Waals surface area contributed by atoms with Crippen molar-refractivity contribution in [2.45, 2.75) is 12.5 Å². The molecule has 19 heavy (non-hydrogen) atoms. The molecule has 1 aromatic rings. The van der Waals surface area contributed by atoms with Gasteiger partial charge in [0.15, 0.2) is 0 Å². The zero-order valence-electron chi connectivity index (χ0n) is 11.2. The van der Waals surface area contributed by atoms with E-state index in [0.717, 1.165) is 37.3 Å². The normalized spacial score (nSPS) is 23.2. The molecule has 3 rings (SSSR count). The van der Waals surface area contributed by atoms with Crippen LogP contribution in [0.2, 0.25) is 0 Å². The lowest BCUT2D eigenvalue weighted by Gasteiger charge is -2.40. The minimum Gasteiger partial charge on any atom is -0.380 e. The van der Waals surface area contributed by atoms with Crippen LogP contribution in [0.25, 0.3) is 0 Å². The summed E-state index contributed by atoms with van der Waals surface area (Å²) in [5.41, 5.74) is 0. The average molecular weight is 329 g/mol. The zero-order chi connectivity index (χ0) is 13.1. The van der Waals surface area contributed by atoms with Crippen molar-refractivity contribution in [1.82, 2.24) is 19.6 Å². The molecule has 0 saturated carbocycles. The van der Waals surface area contributed by atoms with E-state index in [9.17, 15) is 0 Å². The van der Waals surface area contributed by atoms with Crippen LogP contribution in [0.1, 0.15) is 12.5 Å². The van der Waals surface area contributed by atoms with E-state index in [4.69, 9.17) is 4.74 Å². The van der Waals surface area contributed by atoms with Gasteiger partial charge in [0.25, 0.3) is 0 Å². The Labute approximate surface area is 122 Å². The zero-order valence-corrected chi connectivity index (χ0v) is 12.8. The highest BCUT2D eigenvalue weighted by Crippen LogP contribution is 2.21. The lowest BCUT2D eigenvalue weighted by atomic mass is 10.1. The molecule has 0 aliphatic carbocycles. The largest absolute Gasteiger partial charge is 0.380 e. The lowest BCUT2D eigenvalue weighted by molar-refractivity contribution is 0.0822. The Balaban J connectivity index is 1.37. The summed E-state index contributed by atoms with van der Waals surface area (Å²) in [5, 5.41) is 4.35. The van der Waals surface area contributed by atoms with Gasteiger partial charge in [-0.2, -0.15) is 5.10 Å². The Morgan fingerprint density at radius 1 is 1.21 bits per heavy atom. The quantitative estimate of drug-likeness (QED) is 0.832. The second kappa shape index (κ2) is 6.35. The van der Waals surface area contributed by atoms with E-state index in [1.807, 2.05) is 6.20 Å². The van der Waals surface area contributed by atoms with E-state index in [0.29, 0.717) is 6.04 Å². The minimum absolute atomic E-state index is 0.554. The van der Waals surface area contributed by atoms with Crippen molar-refractivity contribution in [3.05, 3.63) is 16.9 Å². The van der Waals surface area contributed by atoms with Crippen LogP contribution in [0.15, 0.2) is 16.9 Å². The standard InChI is InChI=1S/C13H21BrN4O/c14-12-8-15-18(9-12)13-10-17(11-13)4-3-16-2-1-6-19-7-5-16/h8-9,13H,1-7,10-11H2. The highest BCUT2D eigenvalue weighted by molar-refractivity contribution is 9.10. The third-order valence-electron chi connectivity index (χ3n) is 3.93. The molecule has 0 radical (unpaired) electrons. The van der Waals surface area contributed by atoms with Crippen LogP contribution in [0.4, 0.5) is 0 Å². The maximum absolute atomic E-state index is 5.48. The van der Waals surface area contributed by atoms with Crippen molar-refractivity contribution in [3.63, 3.8) is 0 Å². The van der Waals surface area contributed by atoms with E-state index in [1.165, 1.54) is 26.1 Å². The van der Waals surface area contributed by atoms with Crippen molar-refractivity contribution in [2.75, 3.05) is 52.5 Å². The summed E-state index contributed by atoms with van der Waals surface area (Å²) < 4.78 is 8.61. The molecule has 0 atom stereocenters. The van der Waals surface area contributed by atoms with E-state index in [1.54, 1.807) is 0 Å². The highest BCUT2D eigenvalue weighted by atomic mass is 79.9. The first-order chi connectivity index (χ1) is 9.31. The van der Waals surface area contributed by atoms with Crippen molar-refractivity contribution in [2.24, 2.45) is 0 Å². The van der Waals surface area contributed by atoms with Crippen LogP contribution in [0, 0.1) is 0 Å². The predicted octanol–water partition coefficient (Wildman–Crippen LogP) is 1.22. The summed E-state index contributed by atoms with van der Waals surface area (Å²) in [5.74, 6) is 0. The van der Waals surface area contributed by atoms with Gasteiger partial charge in [-0.05, 0) is 22.4 Å². The number of hydrogen-bond donors (Lipinski definition) is 0. The van der Waals surface area contributed by atoms with Gasteiger partial charge < -0.3 is 4.74 Å². The molecule has 2 fully saturated rings. The van der Waals surface area contributed by atoms with Gasteiger partial charge in [-0.15, -0.1) is 0 Å². The highest BCUT2D eigenvalue weighted by Gasteiger charge is 2.28. The molecule has 1 aromatic heterocycles. The molecule has 6 heteroatoms. The van der Waals surface area contributed by atoms with Gasteiger partial charge in [-0.3, -0.25) is 14.5 Å². The fourth-order valence-corrected chi connectivity index (χ4v) is 3.01. The van der Waals surface area contributed by atoms with Crippen LogP contribution < -0.4 is 0 Å². The van der Waals surface area contributed by atoms with Crippen molar-refractivity contribution < 1.29 is 4.74 Å². The fraction of sp³-hybridized carbons (Fsp3) is 0.769. The molecule has 0 aromatic carbocycles. The first-order valence-electron chi connectivity index (χ1n) is 7.03. The first-order valence-corrected chi connectivity index (χ1v) is 7.83. The summed E-state index contributed by atoms with van der Waals surface area (Å²) in [6.07, 6.45) is 5.10. The molecule has 3 heterocycles. The topological polar surface area (TPSA) is 33.5 Å². The van der Waals surface area contributed by atoms with Crippen molar-refractivity contribution >= 4 is 15.9 Å². The van der Waals surface area contributed by atoms with E-state index in [-0.39, 0.29) is 0 Å². The molecule has 0 N–H and O–H groups in total. The van der Waals surface area contributed by atoms with Gasteiger partial charge in [0, 0.05) is 52.1 Å². The molecule has 0 bridgehead atoms. The number of aromatic nitrogens is 2. The maximum atomic E-state index is 5.48. The number of rotatable bonds is 4. The van der Waals surface area contributed by atoms with Gasteiger partial charge in [-0.1, -0.05) is 0 Å². The SMILES string of the molecule is Brc1cnn(C2CN(CCN3CCCOCC3)C2)c1. The third-order valence-corrected chi connectivity index (χ3v) is 4.34. The maximum Gasteiger partial charge on any atom is 0.0773 e. The molecule has 5 nitrogen and oxygen atoms in total. The van der Waals surface area contributed by atoms with Crippen LogP contribution >= 0.6 is 15.9 Å². The molecule has 2 saturated heterocycles. The van der Waals surface area contributed by atoms with Crippen LogP contribution in [-0.4, -0.2) is 72.1 Å². The van der Waals surface area contributed by atoms with E-state index >= 15 is 0 Å². The lowest BCUT2D eigenvalue weighted by Crippen LogP contribution is -2.50. The summed E-state index contributed by atoms with van der Waals surface area (Å²) in [4.78, 5) is 5.02. The van der Waals surface area contributed by atoms with Gasteiger partial charge in [0.2, 0.25) is 0 Å². The summed E-state index contributed by atoms with van der Waals surface area (Å²) in [6.45, 7) is 8.67. The molecular weight excluding hydrogens is 308 g/mol. The van der Waals surface area contributed by atoms with E-state index in [2.05, 4.69) is 41.7 Å². The second-order valence-corrected chi connectivity index (χ2v) is 6.28. The van der Waals surface area contributed by atoms with Crippen LogP contribution in [0.5, 0.6) is 0 Å². The second-order valence-electron chi connectivity index (χ2n) is 5.36. The Morgan fingerprint density at radius 3 is 2.84 bits per heavy atom. The number of ether oxygens (including phenoxy) is 1. The minimum atomic E-state index is 0.554. The Morgan fingerprint density at radius 2 is 2.05 bits per heavy atom. The van der Waals surface area contributed by atoms with Crippen LogP contribution in [-0.2, 0) is 4.74 Å². The number of nitrogens with zero attached hydrogens (tertiary/aromatic N) is 4.